The maximum Gasteiger partial charge on any atom is 0.257 e. The van der Waals surface area contributed by atoms with E-state index >= 15 is 0 Å². The van der Waals surface area contributed by atoms with Crippen molar-refractivity contribution < 1.29 is 4.79 Å². The Morgan fingerprint density at radius 3 is 2.26 bits per heavy atom. The van der Waals surface area contributed by atoms with Gasteiger partial charge in [0.15, 0.2) is 0 Å². The molecule has 2 aromatic carbocycles. The fourth-order valence-corrected chi connectivity index (χ4v) is 2.99. The number of amides is 1. The molecule has 0 aliphatic carbocycles. The van der Waals surface area contributed by atoms with Crippen molar-refractivity contribution in [1.82, 2.24) is 4.98 Å². The molecule has 2 N–H and O–H groups in total. The van der Waals surface area contributed by atoms with Gasteiger partial charge in [0.25, 0.3) is 5.91 Å². The molecule has 0 atom stereocenters. The lowest BCUT2D eigenvalue weighted by molar-refractivity contribution is 0.102. The van der Waals surface area contributed by atoms with Gasteiger partial charge in [0.1, 0.15) is 0 Å². The zero-order chi connectivity index (χ0) is 19.4. The van der Waals surface area contributed by atoms with Gasteiger partial charge in [-0.2, -0.15) is 5.26 Å². The highest BCUT2D eigenvalue weighted by atomic mass is 16.1. The zero-order valence-corrected chi connectivity index (χ0v) is 15.5. The second-order valence-corrected chi connectivity index (χ2v) is 6.50. The van der Waals surface area contributed by atoms with Crippen LogP contribution in [0.3, 0.4) is 0 Å². The molecule has 0 radical (unpaired) electrons. The predicted molar refractivity (Wildman–Crippen MR) is 107 cm³/mol. The Labute approximate surface area is 158 Å². The maximum atomic E-state index is 12.7. The number of nitrogens with zero attached hydrogens (tertiary/aromatic N) is 2. The Bertz CT molecular complexity index is 1010. The van der Waals surface area contributed by atoms with Crippen molar-refractivity contribution in [3.63, 3.8) is 0 Å². The predicted octanol–water partition coefficient (Wildman–Crippen LogP) is 4.87. The summed E-state index contributed by atoms with van der Waals surface area (Å²) in [4.78, 5) is 16.8. The number of anilines is 3. The van der Waals surface area contributed by atoms with Crippen molar-refractivity contribution in [2.24, 2.45) is 0 Å². The molecule has 1 amide bonds. The highest BCUT2D eigenvalue weighted by molar-refractivity contribution is 6.05. The van der Waals surface area contributed by atoms with E-state index in [1.54, 1.807) is 24.4 Å². The minimum atomic E-state index is -0.207. The standard InChI is InChI=1S/C22H20N4O/c1-14-8-15(2)21(16(3)9-14)26-22(27)18-10-20(13-24-12-18)25-19-6-4-17(11-23)5-7-19/h4-10,12-13,25H,1-3H3,(H,26,27). The minimum Gasteiger partial charge on any atom is -0.354 e. The Morgan fingerprint density at radius 2 is 1.63 bits per heavy atom. The van der Waals surface area contributed by atoms with Crippen molar-refractivity contribution in [1.29, 1.82) is 5.26 Å². The number of hydrogen-bond acceptors (Lipinski definition) is 4. The summed E-state index contributed by atoms with van der Waals surface area (Å²) >= 11 is 0. The topological polar surface area (TPSA) is 77.8 Å². The van der Waals surface area contributed by atoms with E-state index in [4.69, 9.17) is 5.26 Å². The molecule has 1 heterocycles. The molecule has 0 fully saturated rings. The molecule has 3 aromatic rings. The molecule has 0 aliphatic heterocycles. The summed E-state index contributed by atoms with van der Waals surface area (Å²) in [6.45, 7) is 6.00. The summed E-state index contributed by atoms with van der Waals surface area (Å²) < 4.78 is 0. The van der Waals surface area contributed by atoms with Crippen LogP contribution in [0.1, 0.15) is 32.6 Å². The van der Waals surface area contributed by atoms with Crippen LogP contribution in [-0.2, 0) is 0 Å². The fourth-order valence-electron chi connectivity index (χ4n) is 2.99. The number of carbonyl (C=O) groups is 1. The Morgan fingerprint density at radius 1 is 0.963 bits per heavy atom. The van der Waals surface area contributed by atoms with E-state index in [-0.39, 0.29) is 5.91 Å². The summed E-state index contributed by atoms with van der Waals surface area (Å²) in [5, 5.41) is 15.0. The number of nitrogens with one attached hydrogen (secondary N) is 2. The van der Waals surface area contributed by atoms with E-state index < -0.39 is 0 Å². The minimum absolute atomic E-state index is 0.207. The first-order valence-corrected chi connectivity index (χ1v) is 8.57. The zero-order valence-electron chi connectivity index (χ0n) is 15.5. The molecular formula is C22H20N4O. The van der Waals surface area contributed by atoms with E-state index in [0.717, 1.165) is 22.5 Å². The van der Waals surface area contributed by atoms with Crippen LogP contribution in [0.5, 0.6) is 0 Å². The van der Waals surface area contributed by atoms with E-state index in [9.17, 15) is 4.79 Å². The fraction of sp³-hybridized carbons (Fsp3) is 0.136. The largest absolute Gasteiger partial charge is 0.354 e. The number of benzene rings is 2. The number of pyridine rings is 1. The smallest absolute Gasteiger partial charge is 0.257 e. The SMILES string of the molecule is Cc1cc(C)c(NC(=O)c2cncc(Nc3ccc(C#N)cc3)c2)c(C)c1. The van der Waals surface area contributed by atoms with E-state index in [1.807, 2.05) is 45.0 Å². The molecular weight excluding hydrogens is 336 g/mol. The number of aryl methyl sites for hydroxylation is 3. The van der Waals surface area contributed by atoms with Crippen molar-refractivity contribution in [3.05, 3.63) is 82.7 Å². The lowest BCUT2D eigenvalue weighted by Crippen LogP contribution is -2.14. The van der Waals surface area contributed by atoms with E-state index in [0.29, 0.717) is 16.8 Å². The number of nitriles is 1. The first kappa shape index (κ1) is 18.2. The molecule has 0 saturated heterocycles. The number of rotatable bonds is 4. The molecule has 3 rings (SSSR count). The molecule has 5 nitrogen and oxygen atoms in total. The van der Waals surface area contributed by atoms with Gasteiger partial charge in [-0.3, -0.25) is 9.78 Å². The van der Waals surface area contributed by atoms with Crippen molar-refractivity contribution in [2.45, 2.75) is 20.8 Å². The summed E-state index contributed by atoms with van der Waals surface area (Å²) in [7, 11) is 0. The van der Waals surface area contributed by atoms with Crippen LogP contribution in [0.2, 0.25) is 0 Å². The highest BCUT2D eigenvalue weighted by Gasteiger charge is 2.11. The third-order valence-corrected chi connectivity index (χ3v) is 4.22. The first-order valence-electron chi connectivity index (χ1n) is 8.57. The van der Waals surface area contributed by atoms with Gasteiger partial charge in [0.05, 0.1) is 29.1 Å². The summed E-state index contributed by atoms with van der Waals surface area (Å²) in [6, 6.07) is 15.0. The third kappa shape index (κ3) is 4.31. The molecule has 0 aliphatic rings. The average Bonchev–Trinajstić information content (AvgIpc) is 2.65. The Balaban J connectivity index is 1.78. The van der Waals surface area contributed by atoms with Gasteiger partial charge in [0.2, 0.25) is 0 Å². The first-order chi connectivity index (χ1) is 13.0. The summed E-state index contributed by atoms with van der Waals surface area (Å²) in [5.41, 5.74) is 6.63. The van der Waals surface area contributed by atoms with Crippen molar-refractivity contribution in [2.75, 3.05) is 10.6 Å². The van der Waals surface area contributed by atoms with Crippen LogP contribution >= 0.6 is 0 Å². The van der Waals surface area contributed by atoms with Crippen LogP contribution in [-0.4, -0.2) is 10.9 Å². The molecule has 0 spiro atoms. The normalized spacial score (nSPS) is 10.1. The van der Waals surface area contributed by atoms with Gasteiger partial charge < -0.3 is 10.6 Å². The summed E-state index contributed by atoms with van der Waals surface area (Å²) in [5.74, 6) is -0.207. The van der Waals surface area contributed by atoms with Gasteiger partial charge in [-0.05, 0) is 62.2 Å². The Kier molecular flexibility index (Phi) is 5.18. The van der Waals surface area contributed by atoms with Gasteiger partial charge in [-0.25, -0.2) is 0 Å². The van der Waals surface area contributed by atoms with Crippen LogP contribution < -0.4 is 10.6 Å². The quantitative estimate of drug-likeness (QED) is 0.699. The van der Waals surface area contributed by atoms with Crippen LogP contribution in [0.4, 0.5) is 17.1 Å². The number of carbonyl (C=O) groups excluding carboxylic acids is 1. The molecule has 5 heteroatoms. The van der Waals surface area contributed by atoms with Crippen LogP contribution in [0, 0.1) is 32.1 Å². The van der Waals surface area contributed by atoms with Crippen molar-refractivity contribution >= 4 is 23.0 Å². The maximum absolute atomic E-state index is 12.7. The Hall–Kier alpha value is -3.65. The molecule has 27 heavy (non-hydrogen) atoms. The molecule has 134 valence electrons. The highest BCUT2D eigenvalue weighted by Crippen LogP contribution is 2.23. The van der Waals surface area contributed by atoms with Crippen LogP contribution in [0.25, 0.3) is 0 Å². The second kappa shape index (κ2) is 7.71. The van der Waals surface area contributed by atoms with Gasteiger partial charge in [-0.1, -0.05) is 17.7 Å². The second-order valence-electron chi connectivity index (χ2n) is 6.50. The monoisotopic (exact) mass is 356 g/mol. The molecule has 1 aromatic heterocycles. The van der Waals surface area contributed by atoms with E-state index in [2.05, 4.69) is 21.7 Å². The van der Waals surface area contributed by atoms with Gasteiger partial charge >= 0.3 is 0 Å². The molecule has 0 bridgehead atoms. The summed E-state index contributed by atoms with van der Waals surface area (Å²) in [6.07, 6.45) is 3.19. The lowest BCUT2D eigenvalue weighted by atomic mass is 10.0. The van der Waals surface area contributed by atoms with E-state index in [1.165, 1.54) is 11.8 Å². The third-order valence-electron chi connectivity index (χ3n) is 4.22. The molecule has 0 unspecified atom stereocenters. The average molecular weight is 356 g/mol. The molecule has 0 saturated carbocycles. The van der Waals surface area contributed by atoms with Gasteiger partial charge in [0, 0.05) is 17.6 Å². The number of hydrogen-bond donors (Lipinski definition) is 2. The van der Waals surface area contributed by atoms with Gasteiger partial charge in [-0.15, -0.1) is 0 Å². The van der Waals surface area contributed by atoms with Crippen LogP contribution in [0.15, 0.2) is 54.9 Å². The number of aromatic nitrogens is 1. The van der Waals surface area contributed by atoms with Crippen molar-refractivity contribution in [3.8, 4) is 6.07 Å². The lowest BCUT2D eigenvalue weighted by Gasteiger charge is -2.13.